The zero-order valence-electron chi connectivity index (χ0n) is 19.8. The van der Waals surface area contributed by atoms with E-state index in [1.54, 1.807) is 45.0 Å². The number of halogens is 6. The molecule has 0 radical (unpaired) electrons. The number of rotatable bonds is 8. The summed E-state index contributed by atoms with van der Waals surface area (Å²) in [5.41, 5.74) is -2.27. The first-order valence-electron chi connectivity index (χ1n) is 10.7. The van der Waals surface area contributed by atoms with E-state index in [9.17, 15) is 31.1 Å². The molecule has 0 fully saturated rings. The normalized spacial score (nSPS) is 12.0. The van der Waals surface area contributed by atoms with Gasteiger partial charge in [0.1, 0.15) is 24.5 Å². The summed E-state index contributed by atoms with van der Waals surface area (Å²) in [6.45, 7) is 3.22. The van der Waals surface area contributed by atoms with E-state index in [0.717, 1.165) is 12.1 Å². The molecule has 196 valence electrons. The van der Waals surface area contributed by atoms with Gasteiger partial charge in [0, 0.05) is 12.2 Å². The number of nitrogens with zero attached hydrogens (tertiary/aromatic N) is 2. The Morgan fingerprint density at radius 1 is 1.03 bits per heavy atom. The van der Waals surface area contributed by atoms with Gasteiger partial charge < -0.3 is 19.7 Å². The molecule has 0 saturated heterocycles. The average molecular weight is 517 g/mol. The summed E-state index contributed by atoms with van der Waals surface area (Å²) in [5.74, 6) is 0.318. The van der Waals surface area contributed by atoms with Crippen LogP contribution in [-0.4, -0.2) is 37.6 Å². The van der Waals surface area contributed by atoms with E-state index in [2.05, 4.69) is 5.32 Å². The number of ether oxygens (including phenoxy) is 2. The van der Waals surface area contributed by atoms with Crippen LogP contribution in [0.4, 0.5) is 36.8 Å². The van der Waals surface area contributed by atoms with Gasteiger partial charge in [0.05, 0.1) is 23.7 Å². The minimum absolute atomic E-state index is 0.175. The zero-order chi connectivity index (χ0) is 27.1. The SMILES string of the molecule is CC(C)(C)OC(=O)NCc1ccc(OCCN(CC(F)(F)F)c2ccc(C#N)c(C(F)(F)F)c2)cc1. The van der Waals surface area contributed by atoms with Crippen LogP contribution in [0.1, 0.15) is 37.5 Å². The summed E-state index contributed by atoms with van der Waals surface area (Å²) in [7, 11) is 0. The molecule has 0 unspecified atom stereocenters. The molecule has 0 saturated carbocycles. The van der Waals surface area contributed by atoms with E-state index in [4.69, 9.17) is 14.7 Å². The maximum atomic E-state index is 13.2. The van der Waals surface area contributed by atoms with Gasteiger partial charge in [-0.25, -0.2) is 4.79 Å². The molecule has 2 rings (SSSR count). The van der Waals surface area contributed by atoms with Crippen molar-refractivity contribution in [1.82, 2.24) is 5.32 Å². The average Bonchev–Trinajstić information content (AvgIpc) is 2.75. The molecule has 0 aliphatic rings. The van der Waals surface area contributed by atoms with Crippen molar-refractivity contribution in [3.63, 3.8) is 0 Å². The van der Waals surface area contributed by atoms with Crippen molar-refractivity contribution >= 4 is 11.8 Å². The summed E-state index contributed by atoms with van der Waals surface area (Å²) < 4.78 is 89.6. The third-order valence-electron chi connectivity index (χ3n) is 4.55. The fourth-order valence-electron chi connectivity index (χ4n) is 3.04. The van der Waals surface area contributed by atoms with Crippen molar-refractivity contribution in [3.05, 3.63) is 59.2 Å². The summed E-state index contributed by atoms with van der Waals surface area (Å²) >= 11 is 0. The lowest BCUT2D eigenvalue weighted by Gasteiger charge is -2.27. The van der Waals surface area contributed by atoms with E-state index >= 15 is 0 Å². The molecule has 0 spiro atoms. The zero-order valence-corrected chi connectivity index (χ0v) is 19.8. The number of amides is 1. The number of benzene rings is 2. The first-order chi connectivity index (χ1) is 16.6. The molecule has 6 nitrogen and oxygen atoms in total. The van der Waals surface area contributed by atoms with Crippen LogP contribution in [0.5, 0.6) is 5.75 Å². The highest BCUT2D eigenvalue weighted by atomic mass is 19.4. The fourth-order valence-corrected chi connectivity index (χ4v) is 3.04. The van der Waals surface area contributed by atoms with Crippen LogP contribution in [0, 0.1) is 11.3 Å². The number of hydrogen-bond acceptors (Lipinski definition) is 5. The van der Waals surface area contributed by atoms with E-state index in [-0.39, 0.29) is 25.4 Å². The Labute approximate surface area is 204 Å². The quantitative estimate of drug-likeness (QED) is 0.432. The minimum atomic E-state index is -4.90. The third kappa shape index (κ3) is 9.56. The first kappa shape index (κ1) is 28.6. The van der Waals surface area contributed by atoms with Gasteiger partial charge in [-0.2, -0.15) is 31.6 Å². The standard InChI is InChI=1S/C24H25F6N3O3/c1-22(2,3)36-21(34)32-14-16-4-8-19(9-5-16)35-11-10-33(15-23(25,26)27)18-7-6-17(13-31)20(12-18)24(28,29)30/h4-9,12H,10-11,14-15H2,1-3H3,(H,32,34). The minimum Gasteiger partial charge on any atom is -0.492 e. The number of nitrogens with one attached hydrogen (secondary N) is 1. The molecule has 0 heterocycles. The van der Waals surface area contributed by atoms with Gasteiger partial charge in [0.25, 0.3) is 0 Å². The second-order valence-corrected chi connectivity index (χ2v) is 8.72. The molecule has 2 aromatic carbocycles. The van der Waals surface area contributed by atoms with Crippen molar-refractivity contribution in [1.29, 1.82) is 5.26 Å². The van der Waals surface area contributed by atoms with E-state index < -0.39 is 41.7 Å². The molecular weight excluding hydrogens is 492 g/mol. The van der Waals surface area contributed by atoms with Gasteiger partial charge in [0.15, 0.2) is 0 Å². The Morgan fingerprint density at radius 3 is 2.19 bits per heavy atom. The van der Waals surface area contributed by atoms with Crippen molar-refractivity contribution in [2.24, 2.45) is 0 Å². The molecule has 0 atom stereocenters. The molecule has 1 N–H and O–H groups in total. The number of carbonyl (C=O) groups excluding carboxylic acids is 1. The molecule has 36 heavy (non-hydrogen) atoms. The molecule has 0 aliphatic carbocycles. The summed E-state index contributed by atoms with van der Waals surface area (Å²) in [6.07, 6.45) is -10.2. The predicted molar refractivity (Wildman–Crippen MR) is 119 cm³/mol. The highest BCUT2D eigenvalue weighted by Gasteiger charge is 2.36. The lowest BCUT2D eigenvalue weighted by molar-refractivity contribution is -0.137. The Hall–Kier alpha value is -3.62. The second kappa shape index (κ2) is 11.4. The molecule has 0 aromatic heterocycles. The smallest absolute Gasteiger partial charge is 0.417 e. The Balaban J connectivity index is 2.03. The Morgan fingerprint density at radius 2 is 1.67 bits per heavy atom. The van der Waals surface area contributed by atoms with Crippen LogP contribution < -0.4 is 15.0 Å². The molecule has 12 heteroatoms. The Kier molecular flexibility index (Phi) is 9.07. The second-order valence-electron chi connectivity index (χ2n) is 8.72. The van der Waals surface area contributed by atoms with E-state index in [0.29, 0.717) is 22.3 Å². The topological polar surface area (TPSA) is 74.6 Å². The van der Waals surface area contributed by atoms with Gasteiger partial charge >= 0.3 is 18.4 Å². The lowest BCUT2D eigenvalue weighted by atomic mass is 10.1. The fraction of sp³-hybridized carbons (Fsp3) is 0.417. The molecule has 1 amide bonds. The third-order valence-corrected chi connectivity index (χ3v) is 4.55. The van der Waals surface area contributed by atoms with Gasteiger partial charge in [-0.3, -0.25) is 0 Å². The summed E-state index contributed by atoms with van der Waals surface area (Å²) in [4.78, 5) is 12.4. The first-order valence-corrected chi connectivity index (χ1v) is 10.7. The monoisotopic (exact) mass is 517 g/mol. The predicted octanol–water partition coefficient (Wildman–Crippen LogP) is 6.05. The Bertz CT molecular complexity index is 1070. The molecular formula is C24H25F6N3O3. The lowest BCUT2D eigenvalue weighted by Crippen LogP contribution is -2.37. The summed E-state index contributed by atoms with van der Waals surface area (Å²) in [5, 5.41) is 11.5. The highest BCUT2D eigenvalue weighted by molar-refractivity contribution is 5.67. The number of alkyl carbamates (subject to hydrolysis) is 1. The van der Waals surface area contributed by atoms with Crippen molar-refractivity contribution < 1.29 is 40.6 Å². The van der Waals surface area contributed by atoms with Crippen LogP contribution in [0.3, 0.4) is 0 Å². The maximum absolute atomic E-state index is 13.2. The van der Waals surface area contributed by atoms with Gasteiger partial charge in [0.2, 0.25) is 0 Å². The van der Waals surface area contributed by atoms with E-state index in [1.807, 2.05) is 0 Å². The van der Waals surface area contributed by atoms with Gasteiger partial charge in [-0.1, -0.05) is 12.1 Å². The van der Waals surface area contributed by atoms with Crippen LogP contribution in [0.2, 0.25) is 0 Å². The van der Waals surface area contributed by atoms with E-state index in [1.165, 1.54) is 6.07 Å². The van der Waals surface area contributed by atoms with Gasteiger partial charge in [-0.05, 0) is 56.7 Å². The highest BCUT2D eigenvalue weighted by Crippen LogP contribution is 2.35. The largest absolute Gasteiger partial charge is 0.492 e. The van der Waals surface area contributed by atoms with Crippen molar-refractivity contribution in [3.8, 4) is 11.8 Å². The van der Waals surface area contributed by atoms with Gasteiger partial charge in [-0.15, -0.1) is 0 Å². The van der Waals surface area contributed by atoms with Crippen LogP contribution >= 0.6 is 0 Å². The maximum Gasteiger partial charge on any atom is 0.417 e. The number of carbonyl (C=O) groups is 1. The summed E-state index contributed by atoms with van der Waals surface area (Å²) in [6, 6.07) is 10.2. The molecule has 0 bridgehead atoms. The van der Waals surface area contributed by atoms with Crippen LogP contribution in [0.15, 0.2) is 42.5 Å². The van der Waals surface area contributed by atoms with Crippen LogP contribution in [0.25, 0.3) is 0 Å². The number of hydrogen-bond donors (Lipinski definition) is 1. The number of nitriles is 1. The molecule has 0 aliphatic heterocycles. The van der Waals surface area contributed by atoms with Crippen LogP contribution in [-0.2, 0) is 17.5 Å². The number of alkyl halides is 6. The number of anilines is 1. The van der Waals surface area contributed by atoms with Crippen molar-refractivity contribution in [2.45, 2.75) is 45.3 Å². The van der Waals surface area contributed by atoms with Crippen molar-refractivity contribution in [2.75, 3.05) is 24.6 Å². The molecule has 2 aromatic rings.